The first-order valence-electron chi connectivity index (χ1n) is 4.23. The summed E-state index contributed by atoms with van der Waals surface area (Å²) >= 11 is 0. The molecule has 0 atom stereocenters. The topological polar surface area (TPSA) is 64.9 Å². The molecule has 0 spiro atoms. The minimum absolute atomic E-state index is 0.255. The van der Waals surface area contributed by atoms with Gasteiger partial charge < -0.3 is 10.3 Å². The highest BCUT2D eigenvalue weighted by Crippen LogP contribution is 2.39. The van der Waals surface area contributed by atoms with Crippen LogP contribution in [0.2, 0.25) is 0 Å². The van der Waals surface area contributed by atoms with Crippen LogP contribution in [0.1, 0.15) is 5.76 Å². The van der Waals surface area contributed by atoms with E-state index >= 15 is 0 Å². The lowest BCUT2D eigenvalue weighted by molar-refractivity contribution is -0.154. The van der Waals surface area contributed by atoms with E-state index in [2.05, 4.69) is 14.7 Å². The van der Waals surface area contributed by atoms with Crippen molar-refractivity contribution in [3.8, 4) is 11.1 Å². The maximum absolute atomic E-state index is 12.5. The quantitative estimate of drug-likeness (QED) is 0.815. The lowest BCUT2D eigenvalue weighted by Crippen LogP contribution is -2.05. The number of rotatable bonds is 1. The molecule has 0 amide bonds. The van der Waals surface area contributed by atoms with Gasteiger partial charge in [0.1, 0.15) is 0 Å². The molecule has 0 aliphatic heterocycles. The maximum Gasteiger partial charge on any atom is 0.453 e. The third kappa shape index (κ3) is 1.71. The fourth-order valence-corrected chi connectivity index (χ4v) is 1.29. The standard InChI is InChI=1S/C9H6F3N3O/c10-9(11,12)7-6(8(13)15-16-7)5-1-3-14-4-2-5/h1-4H,(H2,13,15). The largest absolute Gasteiger partial charge is 0.453 e. The third-order valence-electron chi connectivity index (χ3n) is 1.94. The summed E-state index contributed by atoms with van der Waals surface area (Å²) in [4.78, 5) is 3.70. The van der Waals surface area contributed by atoms with Crippen molar-refractivity contribution < 1.29 is 17.7 Å². The van der Waals surface area contributed by atoms with Crippen LogP contribution in [-0.2, 0) is 6.18 Å². The first-order chi connectivity index (χ1) is 7.50. The minimum Gasteiger partial charge on any atom is -0.380 e. The summed E-state index contributed by atoms with van der Waals surface area (Å²) in [6.07, 6.45) is -1.90. The highest BCUT2D eigenvalue weighted by Gasteiger charge is 2.40. The molecule has 0 radical (unpaired) electrons. The lowest BCUT2D eigenvalue weighted by atomic mass is 10.1. The molecule has 2 heterocycles. The Morgan fingerprint density at radius 2 is 1.81 bits per heavy atom. The van der Waals surface area contributed by atoms with E-state index < -0.39 is 11.9 Å². The Labute approximate surface area is 87.9 Å². The summed E-state index contributed by atoms with van der Waals surface area (Å²) in [5.74, 6) is -1.49. The second kappa shape index (κ2) is 3.51. The number of pyridine rings is 1. The average Bonchev–Trinajstić information content (AvgIpc) is 2.61. The van der Waals surface area contributed by atoms with E-state index in [1.807, 2.05) is 0 Å². The zero-order valence-electron chi connectivity index (χ0n) is 7.82. The van der Waals surface area contributed by atoms with E-state index in [-0.39, 0.29) is 16.9 Å². The third-order valence-corrected chi connectivity index (χ3v) is 1.94. The first-order valence-corrected chi connectivity index (χ1v) is 4.23. The smallest absolute Gasteiger partial charge is 0.380 e. The van der Waals surface area contributed by atoms with Crippen molar-refractivity contribution in [2.24, 2.45) is 0 Å². The number of hydrogen-bond donors (Lipinski definition) is 1. The molecular weight excluding hydrogens is 223 g/mol. The van der Waals surface area contributed by atoms with Crippen LogP contribution in [0.5, 0.6) is 0 Å². The first kappa shape index (κ1) is 10.5. The molecule has 0 aromatic carbocycles. The molecule has 7 heteroatoms. The minimum atomic E-state index is -4.62. The lowest BCUT2D eigenvalue weighted by Gasteiger charge is -2.04. The Morgan fingerprint density at radius 1 is 1.19 bits per heavy atom. The monoisotopic (exact) mass is 229 g/mol. The zero-order valence-corrected chi connectivity index (χ0v) is 7.82. The Bertz CT molecular complexity index is 492. The van der Waals surface area contributed by atoms with Crippen LogP contribution in [0, 0.1) is 0 Å². The number of halogens is 3. The van der Waals surface area contributed by atoms with Crippen molar-refractivity contribution in [3.63, 3.8) is 0 Å². The van der Waals surface area contributed by atoms with Crippen molar-refractivity contribution in [3.05, 3.63) is 30.3 Å². The number of nitrogens with zero attached hydrogens (tertiary/aromatic N) is 2. The normalized spacial score (nSPS) is 11.7. The van der Waals surface area contributed by atoms with Crippen LogP contribution in [0.3, 0.4) is 0 Å². The van der Waals surface area contributed by atoms with Crippen LogP contribution < -0.4 is 5.73 Å². The van der Waals surface area contributed by atoms with Crippen LogP contribution in [0.15, 0.2) is 29.0 Å². The molecule has 2 aromatic rings. The maximum atomic E-state index is 12.5. The average molecular weight is 229 g/mol. The van der Waals surface area contributed by atoms with Gasteiger partial charge in [-0.2, -0.15) is 13.2 Å². The molecular formula is C9H6F3N3O. The number of hydrogen-bond acceptors (Lipinski definition) is 4. The van der Waals surface area contributed by atoms with Crippen molar-refractivity contribution in [1.82, 2.24) is 10.1 Å². The fraction of sp³-hybridized carbons (Fsp3) is 0.111. The van der Waals surface area contributed by atoms with E-state index in [0.29, 0.717) is 0 Å². The Kier molecular flexibility index (Phi) is 2.30. The van der Waals surface area contributed by atoms with E-state index in [1.165, 1.54) is 24.5 Å². The summed E-state index contributed by atoms with van der Waals surface area (Å²) < 4.78 is 41.8. The van der Waals surface area contributed by atoms with Crippen molar-refractivity contribution in [1.29, 1.82) is 0 Å². The van der Waals surface area contributed by atoms with Crippen LogP contribution >= 0.6 is 0 Å². The SMILES string of the molecule is Nc1noc(C(F)(F)F)c1-c1ccncc1. The van der Waals surface area contributed by atoms with Crippen LogP contribution in [0.25, 0.3) is 11.1 Å². The predicted octanol–water partition coefficient (Wildman–Crippen LogP) is 2.34. The summed E-state index contributed by atoms with van der Waals surface area (Å²) in [7, 11) is 0. The Morgan fingerprint density at radius 3 is 2.38 bits per heavy atom. The van der Waals surface area contributed by atoms with Gasteiger partial charge in [-0.1, -0.05) is 5.16 Å². The second-order valence-corrected chi connectivity index (χ2v) is 3.01. The van der Waals surface area contributed by atoms with Gasteiger partial charge in [0.2, 0.25) is 5.76 Å². The fourth-order valence-electron chi connectivity index (χ4n) is 1.29. The Balaban J connectivity index is 2.61. The summed E-state index contributed by atoms with van der Waals surface area (Å²) in [6.45, 7) is 0. The van der Waals surface area contributed by atoms with Gasteiger partial charge in [0.05, 0.1) is 5.56 Å². The second-order valence-electron chi connectivity index (χ2n) is 3.01. The summed E-state index contributed by atoms with van der Waals surface area (Å²) in [5.41, 5.74) is 5.35. The number of alkyl halides is 3. The van der Waals surface area contributed by atoms with Crippen LogP contribution in [0.4, 0.5) is 19.0 Å². The van der Waals surface area contributed by atoms with Crippen molar-refractivity contribution in [2.45, 2.75) is 6.18 Å². The molecule has 0 aliphatic rings. The van der Waals surface area contributed by atoms with Gasteiger partial charge in [0.15, 0.2) is 5.82 Å². The van der Waals surface area contributed by atoms with E-state index in [4.69, 9.17) is 5.73 Å². The van der Waals surface area contributed by atoms with Crippen molar-refractivity contribution in [2.75, 3.05) is 5.73 Å². The number of nitrogens with two attached hydrogens (primary N) is 1. The van der Waals surface area contributed by atoms with Gasteiger partial charge in [-0.25, -0.2) is 0 Å². The summed E-state index contributed by atoms with van der Waals surface area (Å²) in [6, 6.07) is 2.80. The Hall–Kier alpha value is -2.05. The molecule has 0 aliphatic carbocycles. The molecule has 4 nitrogen and oxygen atoms in total. The van der Waals surface area contributed by atoms with E-state index in [1.54, 1.807) is 0 Å². The van der Waals surface area contributed by atoms with E-state index in [9.17, 15) is 13.2 Å². The zero-order chi connectivity index (χ0) is 11.8. The van der Waals surface area contributed by atoms with Gasteiger partial charge in [0.25, 0.3) is 0 Å². The molecule has 0 fully saturated rings. The molecule has 0 unspecified atom stereocenters. The van der Waals surface area contributed by atoms with E-state index in [0.717, 1.165) is 0 Å². The van der Waals surface area contributed by atoms with Crippen LogP contribution in [-0.4, -0.2) is 10.1 Å². The van der Waals surface area contributed by atoms with Crippen molar-refractivity contribution >= 4 is 5.82 Å². The summed E-state index contributed by atoms with van der Waals surface area (Å²) in [5, 5.41) is 3.12. The number of aromatic nitrogens is 2. The number of nitrogen functional groups attached to an aromatic ring is 1. The highest BCUT2D eigenvalue weighted by molar-refractivity contribution is 5.75. The molecule has 2 N–H and O–H groups in total. The predicted molar refractivity (Wildman–Crippen MR) is 49.1 cm³/mol. The molecule has 0 saturated heterocycles. The van der Waals surface area contributed by atoms with Gasteiger partial charge in [-0.05, 0) is 17.7 Å². The van der Waals surface area contributed by atoms with Gasteiger partial charge in [-0.3, -0.25) is 4.98 Å². The molecule has 2 aromatic heterocycles. The van der Waals surface area contributed by atoms with Gasteiger partial charge in [-0.15, -0.1) is 0 Å². The number of anilines is 1. The molecule has 16 heavy (non-hydrogen) atoms. The van der Waals surface area contributed by atoms with Gasteiger partial charge >= 0.3 is 6.18 Å². The highest BCUT2D eigenvalue weighted by atomic mass is 19.4. The molecule has 0 saturated carbocycles. The molecule has 84 valence electrons. The molecule has 2 rings (SSSR count). The molecule has 0 bridgehead atoms. The van der Waals surface area contributed by atoms with Gasteiger partial charge in [0, 0.05) is 12.4 Å².